The smallest absolute Gasteiger partial charge is 0.264 e. The molecule has 2 amide bonds. The number of hydrogen-bond acceptors (Lipinski definition) is 7. The van der Waals surface area contributed by atoms with Crippen molar-refractivity contribution in [1.29, 1.82) is 0 Å². The molecule has 0 spiro atoms. The van der Waals surface area contributed by atoms with E-state index < -0.39 is 0 Å². The van der Waals surface area contributed by atoms with Crippen LogP contribution in [-0.2, 0) is 11.3 Å². The quantitative estimate of drug-likeness (QED) is 0.607. The van der Waals surface area contributed by atoms with Crippen LogP contribution in [0.25, 0.3) is 10.2 Å². The molecule has 9 heteroatoms. The molecule has 1 aliphatic heterocycles. The summed E-state index contributed by atoms with van der Waals surface area (Å²) in [6.07, 6.45) is 0. The fraction of sp³-hybridized carbons (Fsp3) is 0.364. The molecular formula is C22H24N4O4S. The molecule has 1 aliphatic rings. The number of amides is 2. The van der Waals surface area contributed by atoms with Gasteiger partial charge in [0.15, 0.2) is 5.82 Å². The van der Waals surface area contributed by atoms with Crippen molar-refractivity contribution >= 4 is 33.4 Å². The first-order valence-corrected chi connectivity index (χ1v) is 10.8. The number of piperazine rings is 1. The van der Waals surface area contributed by atoms with Crippen molar-refractivity contribution in [1.82, 2.24) is 19.8 Å². The normalized spacial score (nSPS) is 14.2. The van der Waals surface area contributed by atoms with Crippen LogP contribution in [0.5, 0.6) is 5.88 Å². The van der Waals surface area contributed by atoms with Crippen LogP contribution in [0, 0.1) is 6.92 Å². The third-order valence-corrected chi connectivity index (χ3v) is 6.51. The number of benzene rings is 1. The molecule has 0 bridgehead atoms. The fourth-order valence-electron chi connectivity index (χ4n) is 3.71. The van der Waals surface area contributed by atoms with Gasteiger partial charge in [0.05, 0.1) is 17.4 Å². The van der Waals surface area contributed by atoms with E-state index in [1.807, 2.05) is 37.3 Å². The zero-order valence-corrected chi connectivity index (χ0v) is 18.6. The van der Waals surface area contributed by atoms with Gasteiger partial charge in [-0.05, 0) is 24.6 Å². The largest absolute Gasteiger partial charge is 0.480 e. The van der Waals surface area contributed by atoms with E-state index in [-0.39, 0.29) is 18.4 Å². The number of aryl methyl sites for hydroxylation is 1. The molecule has 8 nitrogen and oxygen atoms in total. The van der Waals surface area contributed by atoms with E-state index in [1.54, 1.807) is 24.0 Å². The summed E-state index contributed by atoms with van der Waals surface area (Å²) in [7, 11) is 3.14. The first-order chi connectivity index (χ1) is 15.0. The van der Waals surface area contributed by atoms with E-state index in [0.717, 1.165) is 10.9 Å². The lowest BCUT2D eigenvalue weighted by Crippen LogP contribution is -2.50. The Morgan fingerprint density at radius 2 is 1.65 bits per heavy atom. The Balaban J connectivity index is 1.52. The second-order valence-electron chi connectivity index (χ2n) is 7.27. The summed E-state index contributed by atoms with van der Waals surface area (Å²) in [6.45, 7) is 4.15. The summed E-state index contributed by atoms with van der Waals surface area (Å²) >= 11 is 1.34. The zero-order valence-electron chi connectivity index (χ0n) is 17.8. The highest BCUT2D eigenvalue weighted by Crippen LogP contribution is 2.35. The molecule has 4 rings (SSSR count). The Kier molecular flexibility index (Phi) is 6.15. The summed E-state index contributed by atoms with van der Waals surface area (Å²) in [5, 5.41) is 0.758. The summed E-state index contributed by atoms with van der Waals surface area (Å²) in [4.78, 5) is 39.8. The van der Waals surface area contributed by atoms with Crippen molar-refractivity contribution in [2.45, 2.75) is 13.5 Å². The molecule has 3 heterocycles. The second-order valence-corrected chi connectivity index (χ2v) is 8.27. The molecule has 0 unspecified atom stereocenters. The number of fused-ring (bicyclic) bond motifs is 1. The van der Waals surface area contributed by atoms with Gasteiger partial charge in [-0.25, -0.2) is 4.98 Å². The lowest BCUT2D eigenvalue weighted by molar-refractivity contribution is 0.0538. The minimum atomic E-state index is -0.0531. The Morgan fingerprint density at radius 1 is 1.00 bits per heavy atom. The minimum Gasteiger partial charge on any atom is -0.480 e. The lowest BCUT2D eigenvalue weighted by Gasteiger charge is -2.34. The molecule has 3 aromatic rings. The number of nitrogens with zero attached hydrogens (tertiary/aromatic N) is 4. The summed E-state index contributed by atoms with van der Waals surface area (Å²) in [6, 6.07) is 9.22. The van der Waals surface area contributed by atoms with Crippen molar-refractivity contribution in [3.63, 3.8) is 0 Å². The Hall–Kier alpha value is -3.04. The van der Waals surface area contributed by atoms with E-state index in [9.17, 15) is 9.59 Å². The first-order valence-electron chi connectivity index (χ1n) is 10.00. The number of aromatic nitrogens is 2. The molecule has 1 saturated heterocycles. The van der Waals surface area contributed by atoms with Crippen molar-refractivity contribution in [2.75, 3.05) is 40.4 Å². The van der Waals surface area contributed by atoms with E-state index in [1.165, 1.54) is 11.3 Å². The summed E-state index contributed by atoms with van der Waals surface area (Å²) in [5.41, 5.74) is 1.48. The van der Waals surface area contributed by atoms with Crippen molar-refractivity contribution in [2.24, 2.45) is 0 Å². The number of carbonyl (C=O) groups excluding carboxylic acids is 2. The third kappa shape index (κ3) is 4.11. The number of carbonyl (C=O) groups is 2. The molecule has 162 valence electrons. The summed E-state index contributed by atoms with van der Waals surface area (Å²) < 4.78 is 10.6. The predicted molar refractivity (Wildman–Crippen MR) is 118 cm³/mol. The highest BCUT2D eigenvalue weighted by atomic mass is 32.1. The maximum Gasteiger partial charge on any atom is 0.264 e. The maximum atomic E-state index is 13.3. The van der Waals surface area contributed by atoms with Gasteiger partial charge in [0.1, 0.15) is 11.4 Å². The van der Waals surface area contributed by atoms with Crippen molar-refractivity contribution < 1.29 is 19.1 Å². The monoisotopic (exact) mass is 440 g/mol. The highest BCUT2D eigenvalue weighted by molar-refractivity contribution is 7.20. The number of ether oxygens (including phenoxy) is 2. The molecular weight excluding hydrogens is 416 g/mol. The number of hydrogen-bond donors (Lipinski definition) is 0. The van der Waals surface area contributed by atoms with Crippen LogP contribution in [0.1, 0.15) is 31.4 Å². The van der Waals surface area contributed by atoms with Crippen molar-refractivity contribution in [3.05, 3.63) is 52.2 Å². The van der Waals surface area contributed by atoms with E-state index in [4.69, 9.17) is 9.47 Å². The van der Waals surface area contributed by atoms with Crippen LogP contribution in [0.4, 0.5) is 0 Å². The predicted octanol–water partition coefficient (Wildman–Crippen LogP) is 2.75. The molecule has 2 aromatic heterocycles. The SMILES string of the molecule is COCc1nc(OC)c2c(C)c(C(=O)N3CCN(C(=O)c4ccccc4)CC3)sc2n1. The van der Waals surface area contributed by atoms with E-state index >= 15 is 0 Å². The van der Waals surface area contributed by atoms with Gasteiger partial charge in [-0.15, -0.1) is 11.3 Å². The molecule has 1 fully saturated rings. The van der Waals surface area contributed by atoms with Crippen LogP contribution >= 0.6 is 11.3 Å². The van der Waals surface area contributed by atoms with Crippen LogP contribution in [-0.4, -0.2) is 72.0 Å². The van der Waals surface area contributed by atoms with Gasteiger partial charge in [0, 0.05) is 38.9 Å². The summed E-state index contributed by atoms with van der Waals surface area (Å²) in [5.74, 6) is 0.905. The average Bonchev–Trinajstić information content (AvgIpc) is 3.14. The highest BCUT2D eigenvalue weighted by Gasteiger charge is 2.29. The number of methoxy groups -OCH3 is 2. The van der Waals surface area contributed by atoms with Crippen LogP contribution in [0.15, 0.2) is 30.3 Å². The molecule has 1 aromatic carbocycles. The van der Waals surface area contributed by atoms with E-state index in [0.29, 0.717) is 53.2 Å². The molecule has 0 saturated carbocycles. The van der Waals surface area contributed by atoms with Gasteiger partial charge in [-0.2, -0.15) is 4.98 Å². The molecule has 0 radical (unpaired) electrons. The lowest BCUT2D eigenvalue weighted by atomic mass is 10.1. The molecule has 0 N–H and O–H groups in total. The van der Waals surface area contributed by atoms with Gasteiger partial charge in [-0.3, -0.25) is 9.59 Å². The Morgan fingerprint density at radius 3 is 2.26 bits per heavy atom. The standard InChI is InChI=1S/C22H24N4O4S/c1-14-17-19(30-3)23-16(13-29-2)24-20(17)31-18(14)22(28)26-11-9-25(10-12-26)21(27)15-7-5-4-6-8-15/h4-8H,9-13H2,1-3H3. The van der Waals surface area contributed by atoms with Crippen LogP contribution < -0.4 is 4.74 Å². The third-order valence-electron chi connectivity index (χ3n) is 5.34. The number of rotatable bonds is 5. The molecule has 31 heavy (non-hydrogen) atoms. The Bertz CT molecular complexity index is 1110. The van der Waals surface area contributed by atoms with E-state index in [2.05, 4.69) is 9.97 Å². The minimum absolute atomic E-state index is 0.00331. The fourth-order valence-corrected chi connectivity index (χ4v) is 4.87. The second kappa shape index (κ2) is 8.99. The molecule has 0 atom stereocenters. The van der Waals surface area contributed by atoms with Gasteiger partial charge in [0.2, 0.25) is 5.88 Å². The maximum absolute atomic E-state index is 13.3. The van der Waals surface area contributed by atoms with Crippen molar-refractivity contribution in [3.8, 4) is 5.88 Å². The van der Waals surface area contributed by atoms with Crippen LogP contribution in [0.2, 0.25) is 0 Å². The average molecular weight is 441 g/mol. The van der Waals surface area contributed by atoms with Gasteiger partial charge < -0.3 is 19.3 Å². The molecule has 0 aliphatic carbocycles. The number of thiophene rings is 1. The van der Waals surface area contributed by atoms with Gasteiger partial charge in [-0.1, -0.05) is 18.2 Å². The van der Waals surface area contributed by atoms with Gasteiger partial charge in [0.25, 0.3) is 11.8 Å². The topological polar surface area (TPSA) is 84.9 Å². The van der Waals surface area contributed by atoms with Gasteiger partial charge >= 0.3 is 0 Å². The zero-order chi connectivity index (χ0) is 22.0. The Labute approximate surface area is 184 Å². The van der Waals surface area contributed by atoms with Crippen LogP contribution in [0.3, 0.4) is 0 Å². The first kappa shape index (κ1) is 21.2.